The Balaban J connectivity index is 1.79. The minimum Gasteiger partial charge on any atom is -0.382 e. The molecule has 0 aliphatic carbocycles. The van der Waals surface area contributed by atoms with Crippen molar-refractivity contribution in [1.82, 2.24) is 14.7 Å². The van der Waals surface area contributed by atoms with Gasteiger partial charge in [0.15, 0.2) is 0 Å². The summed E-state index contributed by atoms with van der Waals surface area (Å²) in [6, 6.07) is 1.85. The van der Waals surface area contributed by atoms with E-state index in [0.29, 0.717) is 11.2 Å². The van der Waals surface area contributed by atoms with Gasteiger partial charge in [-0.2, -0.15) is 5.10 Å². The largest absolute Gasteiger partial charge is 0.382 e. The molecule has 17 heavy (non-hydrogen) atoms. The molecule has 1 unspecified atom stereocenters. The van der Waals surface area contributed by atoms with E-state index in [-0.39, 0.29) is 0 Å². The minimum absolute atomic E-state index is 0.435. The average Bonchev–Trinajstić information content (AvgIpc) is 2.82. The Labute approximate surface area is 104 Å². The summed E-state index contributed by atoms with van der Waals surface area (Å²) in [5.41, 5.74) is 6.03. The van der Waals surface area contributed by atoms with Crippen molar-refractivity contribution in [2.45, 2.75) is 33.7 Å². The van der Waals surface area contributed by atoms with Gasteiger partial charge >= 0.3 is 0 Å². The molecule has 0 amide bonds. The lowest BCUT2D eigenvalue weighted by Crippen LogP contribution is -2.28. The molecule has 1 aliphatic heterocycles. The van der Waals surface area contributed by atoms with Gasteiger partial charge in [-0.15, -0.1) is 0 Å². The van der Waals surface area contributed by atoms with Crippen LogP contribution in [0.3, 0.4) is 0 Å². The molecule has 1 atom stereocenters. The molecule has 1 fully saturated rings. The maximum Gasteiger partial charge on any atom is 0.145 e. The summed E-state index contributed by atoms with van der Waals surface area (Å²) in [6.45, 7) is 11.5. The average molecular weight is 236 g/mol. The Morgan fingerprint density at radius 1 is 1.41 bits per heavy atom. The lowest BCUT2D eigenvalue weighted by atomic mass is 9.80. The van der Waals surface area contributed by atoms with Crippen molar-refractivity contribution in [2.24, 2.45) is 11.3 Å². The number of nitrogens with two attached hydrogens (primary N) is 1. The van der Waals surface area contributed by atoms with E-state index < -0.39 is 0 Å². The third-order valence-electron chi connectivity index (χ3n) is 3.80. The fourth-order valence-electron chi connectivity index (χ4n) is 2.49. The van der Waals surface area contributed by atoms with E-state index >= 15 is 0 Å². The van der Waals surface area contributed by atoms with Crippen LogP contribution in [-0.4, -0.2) is 34.3 Å². The van der Waals surface area contributed by atoms with Crippen LogP contribution in [0, 0.1) is 11.3 Å². The number of aromatic nitrogens is 2. The Morgan fingerprint density at radius 2 is 2.18 bits per heavy atom. The van der Waals surface area contributed by atoms with Gasteiger partial charge in [-0.3, -0.25) is 4.68 Å². The van der Waals surface area contributed by atoms with Gasteiger partial charge in [0.1, 0.15) is 5.82 Å². The van der Waals surface area contributed by atoms with Crippen LogP contribution in [-0.2, 0) is 6.54 Å². The first-order valence-electron chi connectivity index (χ1n) is 6.46. The molecule has 0 radical (unpaired) electrons. The number of hydrogen-bond donors (Lipinski definition) is 1. The summed E-state index contributed by atoms with van der Waals surface area (Å²) >= 11 is 0. The second kappa shape index (κ2) is 4.69. The van der Waals surface area contributed by atoms with E-state index in [1.165, 1.54) is 19.5 Å². The number of hydrogen-bond acceptors (Lipinski definition) is 3. The third-order valence-corrected chi connectivity index (χ3v) is 3.80. The topological polar surface area (TPSA) is 47.1 Å². The second-order valence-corrected chi connectivity index (χ2v) is 6.16. The SMILES string of the molecule is CC(C)(C)C1CCN(CCn2ccc(N)n2)C1. The number of likely N-dealkylation sites (tertiary alicyclic amines) is 1. The summed E-state index contributed by atoms with van der Waals surface area (Å²) in [6.07, 6.45) is 3.28. The first-order chi connectivity index (χ1) is 7.95. The Kier molecular flexibility index (Phi) is 3.43. The molecule has 4 nitrogen and oxygen atoms in total. The van der Waals surface area contributed by atoms with Crippen LogP contribution in [0.15, 0.2) is 12.3 Å². The van der Waals surface area contributed by atoms with Gasteiger partial charge in [0, 0.05) is 19.3 Å². The lowest BCUT2D eigenvalue weighted by molar-refractivity contribution is 0.225. The van der Waals surface area contributed by atoms with Crippen molar-refractivity contribution in [3.63, 3.8) is 0 Å². The van der Waals surface area contributed by atoms with Crippen LogP contribution in [0.1, 0.15) is 27.2 Å². The van der Waals surface area contributed by atoms with Gasteiger partial charge in [-0.1, -0.05) is 20.8 Å². The van der Waals surface area contributed by atoms with Gasteiger partial charge < -0.3 is 10.6 Å². The first kappa shape index (κ1) is 12.4. The first-order valence-corrected chi connectivity index (χ1v) is 6.46. The number of nitrogens with zero attached hydrogens (tertiary/aromatic N) is 3. The molecular formula is C13H24N4. The van der Waals surface area contributed by atoms with E-state index in [2.05, 4.69) is 30.8 Å². The van der Waals surface area contributed by atoms with Crippen molar-refractivity contribution >= 4 is 5.82 Å². The van der Waals surface area contributed by atoms with Gasteiger partial charge in [0.25, 0.3) is 0 Å². The summed E-state index contributed by atoms with van der Waals surface area (Å²) in [5, 5.41) is 4.21. The molecule has 1 aliphatic rings. The zero-order valence-electron chi connectivity index (χ0n) is 11.2. The maximum absolute atomic E-state index is 5.60. The van der Waals surface area contributed by atoms with Gasteiger partial charge in [0.2, 0.25) is 0 Å². The normalized spacial score (nSPS) is 22.2. The highest BCUT2D eigenvalue weighted by Gasteiger charge is 2.31. The Hall–Kier alpha value is -1.03. The van der Waals surface area contributed by atoms with Crippen molar-refractivity contribution in [3.05, 3.63) is 12.3 Å². The summed E-state index contributed by atoms with van der Waals surface area (Å²) in [5.74, 6) is 1.43. The zero-order chi connectivity index (χ0) is 12.5. The molecule has 2 heterocycles. The molecule has 0 spiro atoms. The molecule has 0 aromatic carbocycles. The molecule has 4 heteroatoms. The lowest BCUT2D eigenvalue weighted by Gasteiger charge is -2.27. The van der Waals surface area contributed by atoms with E-state index in [9.17, 15) is 0 Å². The fourth-order valence-corrected chi connectivity index (χ4v) is 2.49. The quantitative estimate of drug-likeness (QED) is 0.871. The van der Waals surface area contributed by atoms with Gasteiger partial charge in [0.05, 0.1) is 6.54 Å². The highest BCUT2D eigenvalue weighted by molar-refractivity contribution is 5.23. The molecule has 1 saturated heterocycles. The standard InChI is InChI=1S/C13H24N4/c1-13(2,3)11-4-6-16(10-11)8-9-17-7-5-12(14)15-17/h5,7,11H,4,6,8-10H2,1-3H3,(H2,14,15). The molecule has 1 aromatic heterocycles. The molecule has 96 valence electrons. The van der Waals surface area contributed by atoms with Crippen molar-refractivity contribution in [2.75, 3.05) is 25.4 Å². The monoisotopic (exact) mass is 236 g/mol. The fraction of sp³-hybridized carbons (Fsp3) is 0.769. The van der Waals surface area contributed by atoms with Crippen molar-refractivity contribution in [3.8, 4) is 0 Å². The van der Waals surface area contributed by atoms with Gasteiger partial charge in [-0.05, 0) is 30.4 Å². The van der Waals surface area contributed by atoms with Crippen molar-refractivity contribution in [1.29, 1.82) is 0 Å². The number of anilines is 1. The molecule has 0 bridgehead atoms. The Bertz CT molecular complexity index is 364. The van der Waals surface area contributed by atoms with Crippen LogP contribution in [0.4, 0.5) is 5.82 Å². The summed E-state index contributed by atoms with van der Waals surface area (Å²) in [4.78, 5) is 2.54. The van der Waals surface area contributed by atoms with Crippen LogP contribution < -0.4 is 5.73 Å². The summed E-state index contributed by atoms with van der Waals surface area (Å²) < 4.78 is 1.93. The van der Waals surface area contributed by atoms with Crippen molar-refractivity contribution < 1.29 is 0 Å². The van der Waals surface area contributed by atoms with E-state index in [1.54, 1.807) is 0 Å². The molecule has 0 saturated carbocycles. The van der Waals surface area contributed by atoms with Crippen LogP contribution >= 0.6 is 0 Å². The second-order valence-electron chi connectivity index (χ2n) is 6.16. The van der Waals surface area contributed by atoms with Crippen LogP contribution in [0.2, 0.25) is 0 Å². The highest BCUT2D eigenvalue weighted by Crippen LogP contribution is 2.33. The van der Waals surface area contributed by atoms with E-state index in [4.69, 9.17) is 5.73 Å². The molecule has 2 N–H and O–H groups in total. The van der Waals surface area contributed by atoms with Crippen LogP contribution in [0.5, 0.6) is 0 Å². The number of rotatable bonds is 3. The van der Waals surface area contributed by atoms with Crippen LogP contribution in [0.25, 0.3) is 0 Å². The van der Waals surface area contributed by atoms with Gasteiger partial charge in [-0.25, -0.2) is 0 Å². The highest BCUT2D eigenvalue weighted by atomic mass is 15.3. The minimum atomic E-state index is 0.435. The smallest absolute Gasteiger partial charge is 0.145 e. The van der Waals surface area contributed by atoms with E-state index in [0.717, 1.165) is 19.0 Å². The molecular weight excluding hydrogens is 212 g/mol. The molecule has 1 aromatic rings. The molecule has 2 rings (SSSR count). The number of nitrogen functional groups attached to an aromatic ring is 1. The summed E-state index contributed by atoms with van der Waals surface area (Å²) in [7, 11) is 0. The zero-order valence-corrected chi connectivity index (χ0v) is 11.2. The Morgan fingerprint density at radius 3 is 2.71 bits per heavy atom. The third kappa shape index (κ3) is 3.22. The maximum atomic E-state index is 5.60. The predicted octanol–water partition coefficient (Wildman–Crippen LogP) is 1.83. The van der Waals surface area contributed by atoms with E-state index in [1.807, 2.05) is 16.9 Å². The predicted molar refractivity (Wildman–Crippen MR) is 70.6 cm³/mol.